The van der Waals surface area contributed by atoms with Gasteiger partial charge in [0, 0.05) is 38.3 Å². The Balaban J connectivity index is 1.96. The Bertz CT molecular complexity index is 713. The van der Waals surface area contributed by atoms with E-state index in [1.165, 1.54) is 0 Å². The van der Waals surface area contributed by atoms with Crippen molar-refractivity contribution in [3.8, 4) is 0 Å². The number of para-hydroxylation sites is 1. The minimum Gasteiger partial charge on any atom is -0.385 e. The van der Waals surface area contributed by atoms with E-state index in [9.17, 15) is 5.11 Å². The molecule has 2 aromatic heterocycles. The molecule has 19 heavy (non-hydrogen) atoms. The summed E-state index contributed by atoms with van der Waals surface area (Å²) in [6.45, 7) is 0. The lowest BCUT2D eigenvalue weighted by molar-refractivity contribution is 0.164. The van der Waals surface area contributed by atoms with Crippen molar-refractivity contribution in [2.24, 2.45) is 14.1 Å². The van der Waals surface area contributed by atoms with Crippen molar-refractivity contribution < 1.29 is 5.11 Å². The zero-order chi connectivity index (χ0) is 13.4. The number of aromatic nitrogens is 4. The molecule has 5 nitrogen and oxygen atoms in total. The van der Waals surface area contributed by atoms with Crippen molar-refractivity contribution in [3.63, 3.8) is 0 Å². The second-order valence-electron chi connectivity index (χ2n) is 4.70. The van der Waals surface area contributed by atoms with E-state index in [1.54, 1.807) is 6.20 Å². The molecule has 1 aromatic carbocycles. The molecule has 0 amide bonds. The van der Waals surface area contributed by atoms with Gasteiger partial charge in [-0.1, -0.05) is 18.2 Å². The minimum atomic E-state index is -0.640. The first-order valence-corrected chi connectivity index (χ1v) is 6.22. The van der Waals surface area contributed by atoms with Gasteiger partial charge in [-0.05, 0) is 6.07 Å². The molecule has 0 fully saturated rings. The molecule has 1 atom stereocenters. The van der Waals surface area contributed by atoms with Gasteiger partial charge in [0.1, 0.15) is 11.9 Å². The highest BCUT2D eigenvalue weighted by Gasteiger charge is 2.17. The molecule has 0 spiro atoms. The summed E-state index contributed by atoms with van der Waals surface area (Å²) in [5.41, 5.74) is 1.97. The van der Waals surface area contributed by atoms with E-state index in [4.69, 9.17) is 0 Å². The summed E-state index contributed by atoms with van der Waals surface area (Å²) in [4.78, 5) is 4.18. The van der Waals surface area contributed by atoms with E-state index in [1.807, 2.05) is 53.8 Å². The normalized spacial score (nSPS) is 13.0. The first-order valence-electron chi connectivity index (χ1n) is 6.22. The smallest absolute Gasteiger partial charge is 0.137 e. The van der Waals surface area contributed by atoms with Crippen molar-refractivity contribution in [2.45, 2.75) is 12.5 Å². The fraction of sp³-hybridized carbons (Fsp3) is 0.286. The maximum Gasteiger partial charge on any atom is 0.137 e. The standard InChI is InChI=1S/C14H16N4O/c1-17-8-7-15-14(17)13(19)9-11-10-5-3-4-6-12(10)18(2)16-11/h3-8,13,19H,9H2,1-2H3. The van der Waals surface area contributed by atoms with Crippen LogP contribution in [0.1, 0.15) is 17.6 Å². The summed E-state index contributed by atoms with van der Waals surface area (Å²) in [7, 11) is 3.79. The molecule has 98 valence electrons. The number of hydrogen-bond donors (Lipinski definition) is 1. The molecule has 0 aliphatic carbocycles. The summed E-state index contributed by atoms with van der Waals surface area (Å²) in [6, 6.07) is 8.03. The van der Waals surface area contributed by atoms with Gasteiger partial charge in [0.25, 0.3) is 0 Å². The molecule has 0 aliphatic rings. The molecule has 5 heteroatoms. The van der Waals surface area contributed by atoms with Crippen LogP contribution in [0.25, 0.3) is 10.9 Å². The number of rotatable bonds is 3. The maximum absolute atomic E-state index is 10.3. The van der Waals surface area contributed by atoms with Gasteiger partial charge in [-0.3, -0.25) is 4.68 Å². The lowest BCUT2D eigenvalue weighted by atomic mass is 10.1. The number of aryl methyl sites for hydroxylation is 2. The van der Waals surface area contributed by atoms with Crippen molar-refractivity contribution >= 4 is 10.9 Å². The van der Waals surface area contributed by atoms with Gasteiger partial charge in [0.2, 0.25) is 0 Å². The third-order valence-electron chi connectivity index (χ3n) is 3.38. The third-order valence-corrected chi connectivity index (χ3v) is 3.38. The lowest BCUT2D eigenvalue weighted by Crippen LogP contribution is -2.09. The summed E-state index contributed by atoms with van der Waals surface area (Å²) in [6.07, 6.45) is 3.34. The van der Waals surface area contributed by atoms with Gasteiger partial charge < -0.3 is 9.67 Å². The second kappa shape index (κ2) is 4.51. The first kappa shape index (κ1) is 11.9. The van der Waals surface area contributed by atoms with Crippen LogP contribution in [0, 0.1) is 0 Å². The predicted molar refractivity (Wildman–Crippen MR) is 72.6 cm³/mol. The fourth-order valence-electron chi connectivity index (χ4n) is 2.41. The maximum atomic E-state index is 10.3. The molecule has 0 saturated carbocycles. The zero-order valence-electron chi connectivity index (χ0n) is 11.0. The summed E-state index contributed by atoms with van der Waals surface area (Å²) in [5.74, 6) is 0.662. The Hall–Kier alpha value is -2.14. The van der Waals surface area contributed by atoms with Crippen LogP contribution in [0.5, 0.6) is 0 Å². The quantitative estimate of drug-likeness (QED) is 0.774. The summed E-state index contributed by atoms with van der Waals surface area (Å²) in [5, 5.41) is 15.9. The lowest BCUT2D eigenvalue weighted by Gasteiger charge is -2.09. The molecule has 1 unspecified atom stereocenters. The Morgan fingerprint density at radius 3 is 2.79 bits per heavy atom. The van der Waals surface area contributed by atoms with E-state index >= 15 is 0 Å². The molecule has 0 radical (unpaired) electrons. The van der Waals surface area contributed by atoms with Crippen LogP contribution in [0.3, 0.4) is 0 Å². The van der Waals surface area contributed by atoms with Crippen molar-refractivity contribution in [3.05, 3.63) is 48.2 Å². The second-order valence-corrected chi connectivity index (χ2v) is 4.70. The van der Waals surface area contributed by atoms with Crippen molar-refractivity contribution in [2.75, 3.05) is 0 Å². The van der Waals surface area contributed by atoms with Gasteiger partial charge in [0.15, 0.2) is 0 Å². The largest absolute Gasteiger partial charge is 0.385 e. The van der Waals surface area contributed by atoms with Gasteiger partial charge in [-0.25, -0.2) is 4.98 Å². The molecule has 3 rings (SSSR count). The Morgan fingerprint density at radius 2 is 2.05 bits per heavy atom. The molecular formula is C14H16N4O. The summed E-state index contributed by atoms with van der Waals surface area (Å²) < 4.78 is 3.67. The Labute approximate surface area is 111 Å². The highest BCUT2D eigenvalue weighted by molar-refractivity contribution is 5.81. The Morgan fingerprint density at radius 1 is 1.26 bits per heavy atom. The van der Waals surface area contributed by atoms with Crippen LogP contribution >= 0.6 is 0 Å². The monoisotopic (exact) mass is 256 g/mol. The summed E-state index contributed by atoms with van der Waals surface area (Å²) >= 11 is 0. The van der Waals surface area contributed by atoms with Gasteiger partial charge in [0.05, 0.1) is 11.2 Å². The van der Waals surface area contributed by atoms with Gasteiger partial charge >= 0.3 is 0 Å². The minimum absolute atomic E-state index is 0.464. The molecule has 0 bridgehead atoms. The van der Waals surface area contributed by atoms with Crippen LogP contribution in [0.2, 0.25) is 0 Å². The van der Waals surface area contributed by atoms with Crippen LogP contribution in [0.4, 0.5) is 0 Å². The number of fused-ring (bicyclic) bond motifs is 1. The topological polar surface area (TPSA) is 55.9 Å². The van der Waals surface area contributed by atoms with Crippen LogP contribution in [-0.4, -0.2) is 24.4 Å². The number of imidazole rings is 1. The third kappa shape index (κ3) is 2.02. The Kier molecular flexibility index (Phi) is 2.83. The molecule has 0 aliphatic heterocycles. The van der Waals surface area contributed by atoms with Gasteiger partial charge in [-0.15, -0.1) is 0 Å². The van der Waals surface area contributed by atoms with Crippen LogP contribution in [0.15, 0.2) is 36.7 Å². The van der Waals surface area contributed by atoms with Crippen LogP contribution < -0.4 is 0 Å². The molecule has 1 N–H and O–H groups in total. The van der Waals surface area contributed by atoms with Crippen LogP contribution in [-0.2, 0) is 20.5 Å². The van der Waals surface area contributed by atoms with E-state index in [-0.39, 0.29) is 0 Å². The fourth-order valence-corrected chi connectivity index (χ4v) is 2.41. The van der Waals surface area contributed by atoms with Crippen molar-refractivity contribution in [1.29, 1.82) is 0 Å². The van der Waals surface area contributed by atoms with Gasteiger partial charge in [-0.2, -0.15) is 5.10 Å². The van der Waals surface area contributed by atoms with E-state index in [0.29, 0.717) is 12.2 Å². The number of nitrogens with zero attached hydrogens (tertiary/aromatic N) is 4. The van der Waals surface area contributed by atoms with E-state index in [2.05, 4.69) is 10.1 Å². The number of benzene rings is 1. The zero-order valence-corrected chi connectivity index (χ0v) is 11.0. The molecule has 0 saturated heterocycles. The van der Waals surface area contributed by atoms with Crippen molar-refractivity contribution in [1.82, 2.24) is 19.3 Å². The highest BCUT2D eigenvalue weighted by Crippen LogP contribution is 2.22. The molecular weight excluding hydrogens is 240 g/mol. The van der Waals surface area contributed by atoms with E-state index < -0.39 is 6.10 Å². The SMILES string of the molecule is Cn1ccnc1C(O)Cc1nn(C)c2ccccc12. The average Bonchev–Trinajstić information content (AvgIpc) is 2.95. The molecule has 2 heterocycles. The molecule has 3 aromatic rings. The number of hydrogen-bond acceptors (Lipinski definition) is 3. The number of aliphatic hydroxyl groups is 1. The average molecular weight is 256 g/mol. The first-order chi connectivity index (χ1) is 9.16. The predicted octanol–water partition coefficient (Wildman–Crippen LogP) is 1.58. The highest BCUT2D eigenvalue weighted by atomic mass is 16.3. The van der Waals surface area contributed by atoms with E-state index in [0.717, 1.165) is 16.6 Å². The number of aliphatic hydroxyl groups excluding tert-OH is 1.